The first-order chi connectivity index (χ1) is 11.0. The fourth-order valence-corrected chi connectivity index (χ4v) is 3.63. The zero-order chi connectivity index (χ0) is 16.4. The van der Waals surface area contributed by atoms with Gasteiger partial charge in [0.25, 0.3) is 0 Å². The van der Waals surface area contributed by atoms with Crippen molar-refractivity contribution in [3.63, 3.8) is 0 Å². The number of carbonyl (C=O) groups is 1. The Hall–Kier alpha value is -1.72. The van der Waals surface area contributed by atoms with Crippen molar-refractivity contribution >= 4 is 17.2 Å². The molecule has 0 atom stereocenters. The van der Waals surface area contributed by atoms with Crippen LogP contribution in [0.5, 0.6) is 0 Å². The van der Waals surface area contributed by atoms with Crippen LogP contribution in [0.25, 0.3) is 10.6 Å². The maximum atomic E-state index is 12.0. The SMILES string of the molecule is CCc1ccc(-c2nc(CN3CCNC(=O)C3(C)C)cs2)cc1. The molecule has 1 amide bonds. The first-order valence-corrected chi connectivity index (χ1v) is 8.95. The summed E-state index contributed by atoms with van der Waals surface area (Å²) in [6.07, 6.45) is 1.05. The van der Waals surface area contributed by atoms with Crippen molar-refractivity contribution in [1.82, 2.24) is 15.2 Å². The molecule has 0 radical (unpaired) electrons. The van der Waals surface area contributed by atoms with E-state index in [-0.39, 0.29) is 5.91 Å². The number of nitrogens with zero attached hydrogens (tertiary/aromatic N) is 2. The minimum Gasteiger partial charge on any atom is -0.353 e. The lowest BCUT2D eigenvalue weighted by atomic mass is 9.99. The molecule has 1 fully saturated rings. The van der Waals surface area contributed by atoms with E-state index in [1.807, 2.05) is 13.8 Å². The quantitative estimate of drug-likeness (QED) is 0.937. The summed E-state index contributed by atoms with van der Waals surface area (Å²) in [5.41, 5.74) is 3.05. The minimum absolute atomic E-state index is 0.0920. The van der Waals surface area contributed by atoms with Crippen molar-refractivity contribution in [2.75, 3.05) is 13.1 Å². The van der Waals surface area contributed by atoms with Crippen LogP contribution >= 0.6 is 11.3 Å². The highest BCUT2D eigenvalue weighted by atomic mass is 32.1. The first kappa shape index (κ1) is 16.1. The number of nitrogens with one attached hydrogen (secondary N) is 1. The van der Waals surface area contributed by atoms with Gasteiger partial charge in [0, 0.05) is 30.6 Å². The van der Waals surface area contributed by atoms with E-state index in [9.17, 15) is 4.79 Å². The zero-order valence-electron chi connectivity index (χ0n) is 13.9. The molecule has 1 saturated heterocycles. The molecule has 5 heteroatoms. The van der Waals surface area contributed by atoms with E-state index in [2.05, 4.69) is 46.8 Å². The number of aromatic nitrogens is 1. The van der Waals surface area contributed by atoms with E-state index in [1.54, 1.807) is 11.3 Å². The molecule has 3 rings (SSSR count). The summed E-state index contributed by atoms with van der Waals surface area (Å²) in [6.45, 7) is 8.38. The van der Waals surface area contributed by atoms with Crippen LogP contribution in [0.4, 0.5) is 0 Å². The van der Waals surface area contributed by atoms with E-state index >= 15 is 0 Å². The Morgan fingerprint density at radius 1 is 1.30 bits per heavy atom. The number of amides is 1. The number of benzene rings is 1. The molecular weight excluding hydrogens is 306 g/mol. The summed E-state index contributed by atoms with van der Waals surface area (Å²) < 4.78 is 0. The number of rotatable bonds is 4. The van der Waals surface area contributed by atoms with Gasteiger partial charge in [0.05, 0.1) is 11.2 Å². The molecule has 0 bridgehead atoms. The monoisotopic (exact) mass is 329 g/mol. The summed E-state index contributed by atoms with van der Waals surface area (Å²) in [5, 5.41) is 6.08. The third-order valence-corrected chi connectivity index (χ3v) is 5.47. The van der Waals surface area contributed by atoms with E-state index in [0.29, 0.717) is 13.1 Å². The second-order valence-corrected chi connectivity index (χ2v) is 7.29. The molecule has 1 aromatic heterocycles. The summed E-state index contributed by atoms with van der Waals surface area (Å²) in [7, 11) is 0. The molecule has 0 unspecified atom stereocenters. The number of hydrogen-bond donors (Lipinski definition) is 1. The lowest BCUT2D eigenvalue weighted by Gasteiger charge is -2.40. The van der Waals surface area contributed by atoms with Crippen LogP contribution in [0.1, 0.15) is 32.0 Å². The van der Waals surface area contributed by atoms with E-state index in [1.165, 1.54) is 5.56 Å². The Morgan fingerprint density at radius 3 is 2.74 bits per heavy atom. The third kappa shape index (κ3) is 3.31. The Bertz CT molecular complexity index is 691. The Kier molecular flexibility index (Phi) is 4.50. The molecule has 122 valence electrons. The number of hydrogen-bond acceptors (Lipinski definition) is 4. The highest BCUT2D eigenvalue weighted by molar-refractivity contribution is 7.13. The molecular formula is C18H23N3OS. The van der Waals surface area contributed by atoms with Gasteiger partial charge in [-0.25, -0.2) is 4.98 Å². The molecule has 1 aromatic carbocycles. The molecule has 0 saturated carbocycles. The number of thiazole rings is 1. The van der Waals surface area contributed by atoms with E-state index < -0.39 is 5.54 Å². The topological polar surface area (TPSA) is 45.2 Å². The number of piperazine rings is 1. The Labute approximate surface area is 141 Å². The molecule has 4 nitrogen and oxygen atoms in total. The van der Waals surface area contributed by atoms with Crippen molar-refractivity contribution in [3.05, 3.63) is 40.9 Å². The first-order valence-electron chi connectivity index (χ1n) is 8.08. The van der Waals surface area contributed by atoms with Crippen molar-refractivity contribution in [1.29, 1.82) is 0 Å². The molecule has 1 aliphatic rings. The zero-order valence-corrected chi connectivity index (χ0v) is 14.7. The predicted molar refractivity (Wildman–Crippen MR) is 94.4 cm³/mol. The molecule has 0 aliphatic carbocycles. The van der Waals surface area contributed by atoms with Crippen molar-refractivity contribution in [2.24, 2.45) is 0 Å². The fourth-order valence-electron chi connectivity index (χ4n) is 2.81. The van der Waals surface area contributed by atoms with Crippen molar-refractivity contribution < 1.29 is 4.79 Å². The van der Waals surface area contributed by atoms with Gasteiger partial charge in [-0.15, -0.1) is 11.3 Å². The molecule has 2 heterocycles. The van der Waals surface area contributed by atoms with Crippen molar-refractivity contribution in [2.45, 2.75) is 39.3 Å². The summed E-state index contributed by atoms with van der Waals surface area (Å²) in [5.74, 6) is 0.0920. The van der Waals surface area contributed by atoms with Gasteiger partial charge in [-0.1, -0.05) is 31.2 Å². The second-order valence-electron chi connectivity index (χ2n) is 6.43. The van der Waals surface area contributed by atoms with Crippen LogP contribution in [0, 0.1) is 0 Å². The second kappa shape index (κ2) is 6.42. The fraction of sp³-hybridized carbons (Fsp3) is 0.444. The highest BCUT2D eigenvalue weighted by Crippen LogP contribution is 2.26. The average molecular weight is 329 g/mol. The maximum absolute atomic E-state index is 12.0. The van der Waals surface area contributed by atoms with Crippen molar-refractivity contribution in [3.8, 4) is 10.6 Å². The molecule has 1 N–H and O–H groups in total. The van der Waals surface area contributed by atoms with Gasteiger partial charge in [-0.2, -0.15) is 0 Å². The van der Waals surface area contributed by atoms with Gasteiger partial charge in [-0.3, -0.25) is 9.69 Å². The lowest BCUT2D eigenvalue weighted by molar-refractivity contribution is -0.135. The van der Waals surface area contributed by atoms with Gasteiger partial charge in [0.15, 0.2) is 0 Å². The van der Waals surface area contributed by atoms with Gasteiger partial charge in [-0.05, 0) is 25.8 Å². The van der Waals surface area contributed by atoms with Crippen LogP contribution in [0.3, 0.4) is 0 Å². The van der Waals surface area contributed by atoms with Crippen LogP contribution < -0.4 is 5.32 Å². The van der Waals surface area contributed by atoms with Crippen LogP contribution in [-0.4, -0.2) is 34.4 Å². The number of aryl methyl sites for hydroxylation is 1. The maximum Gasteiger partial charge on any atom is 0.240 e. The smallest absolute Gasteiger partial charge is 0.240 e. The average Bonchev–Trinajstić information content (AvgIpc) is 3.01. The standard InChI is InChI=1S/C18H23N3OS/c1-4-13-5-7-14(8-6-13)16-20-15(12-23-16)11-21-10-9-19-17(22)18(21,2)3/h5-8,12H,4,9-11H2,1-3H3,(H,19,22). The van der Waals surface area contributed by atoms with E-state index in [0.717, 1.165) is 29.2 Å². The minimum atomic E-state index is -0.481. The van der Waals surface area contributed by atoms with Gasteiger partial charge in [0.1, 0.15) is 5.01 Å². The predicted octanol–water partition coefficient (Wildman–Crippen LogP) is 3.08. The van der Waals surface area contributed by atoms with Gasteiger partial charge in [0.2, 0.25) is 5.91 Å². The van der Waals surface area contributed by atoms with Crippen LogP contribution in [-0.2, 0) is 17.8 Å². The summed E-state index contributed by atoms with van der Waals surface area (Å²) in [6, 6.07) is 8.60. The molecule has 0 spiro atoms. The number of carbonyl (C=O) groups excluding carboxylic acids is 1. The highest BCUT2D eigenvalue weighted by Gasteiger charge is 2.37. The molecule has 1 aliphatic heterocycles. The Balaban J connectivity index is 1.75. The summed E-state index contributed by atoms with van der Waals surface area (Å²) in [4.78, 5) is 19.0. The molecule has 23 heavy (non-hydrogen) atoms. The normalized spacial score (nSPS) is 18.0. The van der Waals surface area contributed by atoms with Gasteiger partial charge >= 0.3 is 0 Å². The lowest BCUT2D eigenvalue weighted by Crippen LogP contribution is -2.61. The van der Waals surface area contributed by atoms with Crippen LogP contribution in [0.15, 0.2) is 29.6 Å². The van der Waals surface area contributed by atoms with Gasteiger partial charge < -0.3 is 5.32 Å². The largest absolute Gasteiger partial charge is 0.353 e. The molecule has 2 aromatic rings. The van der Waals surface area contributed by atoms with Crippen LogP contribution in [0.2, 0.25) is 0 Å². The Morgan fingerprint density at radius 2 is 2.04 bits per heavy atom. The third-order valence-electron chi connectivity index (χ3n) is 4.53. The van der Waals surface area contributed by atoms with E-state index in [4.69, 9.17) is 4.98 Å². The summed E-state index contributed by atoms with van der Waals surface area (Å²) >= 11 is 1.67.